The summed E-state index contributed by atoms with van der Waals surface area (Å²) in [7, 11) is 0. The number of anilines is 1. The van der Waals surface area contributed by atoms with Gasteiger partial charge in [-0.2, -0.15) is 0 Å². The lowest BCUT2D eigenvalue weighted by molar-refractivity contribution is 0.112. The number of unbranched alkanes of at least 4 members (excludes halogenated alkanes) is 1. The number of nitrogen functional groups attached to an aromatic ring is 1. The van der Waals surface area contributed by atoms with E-state index in [1.54, 1.807) is 0 Å². The van der Waals surface area contributed by atoms with Gasteiger partial charge in [0.05, 0.1) is 22.3 Å². The van der Waals surface area contributed by atoms with Crippen LogP contribution < -0.4 is 5.73 Å². The molecule has 4 aromatic rings. The van der Waals surface area contributed by atoms with Crippen LogP contribution in [-0.4, -0.2) is 16.3 Å². The molecule has 0 unspecified atom stereocenters. The zero-order chi connectivity index (χ0) is 22.1. The number of aromatic nitrogens is 2. The first-order valence-electron chi connectivity index (χ1n) is 11.5. The fourth-order valence-corrected chi connectivity index (χ4v) is 4.83. The normalized spacial score (nSPS) is 14.3. The lowest BCUT2D eigenvalue weighted by Crippen LogP contribution is -2.10. The van der Waals surface area contributed by atoms with Crippen LogP contribution in [0.15, 0.2) is 48.5 Å². The Morgan fingerprint density at radius 3 is 2.61 bits per heavy atom. The lowest BCUT2D eigenvalue weighted by atomic mass is 9.84. The number of benzene rings is 2. The van der Waals surface area contributed by atoms with Crippen LogP contribution >= 0.6 is 12.4 Å². The van der Waals surface area contributed by atoms with Gasteiger partial charge in [0.2, 0.25) is 0 Å². The predicted octanol–water partition coefficient (Wildman–Crippen LogP) is 6.82. The molecule has 5 rings (SSSR count). The monoisotopic (exact) mass is 457 g/mol. The Morgan fingerprint density at radius 2 is 1.85 bits per heavy atom. The molecule has 168 valence electrons. The summed E-state index contributed by atoms with van der Waals surface area (Å²) in [6.45, 7) is 2.23. The zero-order valence-electron chi connectivity index (χ0n) is 18.8. The molecule has 5 heteroatoms. The van der Waals surface area contributed by atoms with Crippen molar-refractivity contribution in [2.75, 3.05) is 5.73 Å². The van der Waals surface area contributed by atoms with Crippen molar-refractivity contribution in [3.63, 3.8) is 0 Å². The Morgan fingerprint density at radius 1 is 1.03 bits per heavy atom. The van der Waals surface area contributed by atoms with Crippen molar-refractivity contribution in [3.8, 4) is 0 Å². The number of pyridine rings is 2. The van der Waals surface area contributed by atoms with E-state index in [9.17, 15) is 4.79 Å². The number of nitrogens with zero attached hydrogens (tertiary/aromatic N) is 2. The van der Waals surface area contributed by atoms with Gasteiger partial charge in [-0.05, 0) is 66.5 Å². The van der Waals surface area contributed by atoms with Gasteiger partial charge in [0, 0.05) is 10.8 Å². The molecule has 0 fully saturated rings. The van der Waals surface area contributed by atoms with Gasteiger partial charge in [-0.3, -0.25) is 4.79 Å². The summed E-state index contributed by atoms with van der Waals surface area (Å²) in [4.78, 5) is 21.2. The third-order valence-corrected chi connectivity index (χ3v) is 6.45. The second-order valence-corrected chi connectivity index (χ2v) is 8.57. The van der Waals surface area contributed by atoms with Gasteiger partial charge in [0.1, 0.15) is 5.82 Å². The molecular weight excluding hydrogens is 430 g/mol. The Kier molecular flexibility index (Phi) is 6.75. The van der Waals surface area contributed by atoms with Gasteiger partial charge in [0.15, 0.2) is 6.29 Å². The Bertz CT molecular complexity index is 1360. The maximum atomic E-state index is 11.4. The highest BCUT2D eigenvalue weighted by Gasteiger charge is 2.22. The molecule has 0 bridgehead atoms. The quantitative estimate of drug-likeness (QED) is 0.263. The molecule has 0 amide bonds. The van der Waals surface area contributed by atoms with Crippen LogP contribution in [-0.2, 0) is 12.8 Å². The van der Waals surface area contributed by atoms with E-state index < -0.39 is 0 Å². The maximum Gasteiger partial charge on any atom is 0.153 e. The van der Waals surface area contributed by atoms with Gasteiger partial charge in [-0.1, -0.05) is 55.8 Å². The number of carbonyl (C=O) groups excluding carboxylic acids is 1. The first-order chi connectivity index (χ1) is 15.7. The minimum absolute atomic E-state index is 0. The summed E-state index contributed by atoms with van der Waals surface area (Å²) in [5.41, 5.74) is 14.5. The minimum Gasteiger partial charge on any atom is -0.383 e. The molecule has 4 nitrogen and oxygen atoms in total. The molecule has 1 aliphatic rings. The van der Waals surface area contributed by atoms with E-state index in [1.165, 1.54) is 22.3 Å². The van der Waals surface area contributed by atoms with Crippen LogP contribution in [0.4, 0.5) is 5.82 Å². The summed E-state index contributed by atoms with van der Waals surface area (Å²) >= 11 is 0. The fraction of sp³-hybridized carbons (Fsp3) is 0.250. The molecule has 0 aliphatic heterocycles. The summed E-state index contributed by atoms with van der Waals surface area (Å²) in [5.74, 6) is 0.259. The number of halogens is 1. The first-order valence-corrected chi connectivity index (χ1v) is 11.5. The minimum atomic E-state index is 0. The molecular formula is C28H28ClN3O. The van der Waals surface area contributed by atoms with Crippen molar-refractivity contribution in [3.05, 3.63) is 76.5 Å². The number of rotatable bonds is 5. The van der Waals surface area contributed by atoms with E-state index in [2.05, 4.69) is 48.3 Å². The van der Waals surface area contributed by atoms with Crippen molar-refractivity contribution in [2.45, 2.75) is 45.4 Å². The highest BCUT2D eigenvalue weighted by molar-refractivity contribution is 6.07. The van der Waals surface area contributed by atoms with Crippen LogP contribution in [0.3, 0.4) is 0 Å². The fourth-order valence-electron chi connectivity index (χ4n) is 4.83. The molecule has 0 radical (unpaired) electrons. The van der Waals surface area contributed by atoms with Crippen LogP contribution in [0.25, 0.3) is 33.5 Å². The van der Waals surface area contributed by atoms with E-state index in [4.69, 9.17) is 10.7 Å². The lowest BCUT2D eigenvalue weighted by Gasteiger charge is -2.24. The third-order valence-electron chi connectivity index (χ3n) is 6.45. The second-order valence-electron chi connectivity index (χ2n) is 8.57. The van der Waals surface area contributed by atoms with E-state index in [0.717, 1.165) is 72.3 Å². The van der Waals surface area contributed by atoms with Gasteiger partial charge in [0.25, 0.3) is 0 Å². The highest BCUT2D eigenvalue weighted by Crippen LogP contribution is 2.38. The second kappa shape index (κ2) is 9.72. The van der Waals surface area contributed by atoms with Crippen molar-refractivity contribution in [1.29, 1.82) is 0 Å². The van der Waals surface area contributed by atoms with Gasteiger partial charge < -0.3 is 5.73 Å². The summed E-state index contributed by atoms with van der Waals surface area (Å²) in [6, 6.07) is 16.5. The molecule has 33 heavy (non-hydrogen) atoms. The molecule has 2 aromatic carbocycles. The van der Waals surface area contributed by atoms with Crippen LogP contribution in [0.2, 0.25) is 0 Å². The average Bonchev–Trinajstić information content (AvgIpc) is 2.82. The molecule has 2 aromatic heterocycles. The van der Waals surface area contributed by atoms with Crippen molar-refractivity contribution in [1.82, 2.24) is 9.97 Å². The van der Waals surface area contributed by atoms with E-state index in [1.807, 2.05) is 18.2 Å². The average molecular weight is 458 g/mol. The van der Waals surface area contributed by atoms with Crippen LogP contribution in [0, 0.1) is 0 Å². The maximum absolute atomic E-state index is 11.4. The highest BCUT2D eigenvalue weighted by atomic mass is 35.5. The number of fused-ring (bicyclic) bond motifs is 4. The van der Waals surface area contributed by atoms with Gasteiger partial charge >= 0.3 is 0 Å². The smallest absolute Gasteiger partial charge is 0.153 e. The molecule has 1 aliphatic carbocycles. The van der Waals surface area contributed by atoms with Gasteiger partial charge in [-0.25, -0.2) is 9.97 Å². The van der Waals surface area contributed by atoms with E-state index in [0.29, 0.717) is 5.56 Å². The number of aryl methyl sites for hydroxylation is 1. The standard InChI is InChI=1S/C28H27N3O.ClH/c1-2-3-11-22-23-12-7-10-19(15-18-8-5-4-6-9-18)25(23)30-27-24(22)14-13-20-16-21(17-32)28(29)31-26(20)27;/h4-6,8-9,13-17H,2-3,7,10-12H2,1H3,(H2,29,31);1H/b19-15+;. The Labute approximate surface area is 200 Å². The Hall–Kier alpha value is -3.24. The van der Waals surface area contributed by atoms with Gasteiger partial charge in [-0.15, -0.1) is 12.4 Å². The number of carbonyl (C=O) groups is 1. The number of hydrogen-bond donors (Lipinski definition) is 1. The number of hydrogen-bond acceptors (Lipinski definition) is 4. The van der Waals surface area contributed by atoms with Crippen molar-refractivity contribution in [2.24, 2.45) is 0 Å². The van der Waals surface area contributed by atoms with Crippen molar-refractivity contribution < 1.29 is 4.79 Å². The zero-order valence-corrected chi connectivity index (χ0v) is 19.6. The summed E-state index contributed by atoms with van der Waals surface area (Å²) < 4.78 is 0. The Balaban J connectivity index is 0.00000259. The summed E-state index contributed by atoms with van der Waals surface area (Å²) in [6.07, 6.45) is 9.57. The van der Waals surface area contributed by atoms with E-state index >= 15 is 0 Å². The largest absolute Gasteiger partial charge is 0.383 e. The molecule has 0 spiro atoms. The third kappa shape index (κ3) is 4.23. The molecule has 2 N–H and O–H groups in total. The predicted molar refractivity (Wildman–Crippen MR) is 140 cm³/mol. The number of allylic oxidation sites excluding steroid dienone is 1. The van der Waals surface area contributed by atoms with Crippen molar-refractivity contribution >= 4 is 58.0 Å². The molecule has 0 atom stereocenters. The van der Waals surface area contributed by atoms with Crippen LogP contribution in [0.5, 0.6) is 0 Å². The first kappa shape index (κ1) is 22.9. The topological polar surface area (TPSA) is 68.9 Å². The number of nitrogens with two attached hydrogens (primary N) is 1. The molecule has 2 heterocycles. The molecule has 0 saturated heterocycles. The van der Waals surface area contributed by atoms with E-state index in [-0.39, 0.29) is 18.2 Å². The number of aldehydes is 1. The summed E-state index contributed by atoms with van der Waals surface area (Å²) in [5, 5.41) is 2.06. The molecule has 0 saturated carbocycles. The van der Waals surface area contributed by atoms with Crippen LogP contribution in [0.1, 0.15) is 65.3 Å². The SMILES string of the molecule is CCCCc1c2c(nc3c1ccc1cc(C=O)c(N)nc13)/C(=C/c1ccccc1)CCC2.Cl.